The Morgan fingerprint density at radius 1 is 1.26 bits per heavy atom. The van der Waals surface area contributed by atoms with Crippen LogP contribution in [0.25, 0.3) is 0 Å². The second kappa shape index (κ2) is 6.39. The molecule has 0 aliphatic heterocycles. The number of amides is 2. The zero-order valence-corrected chi connectivity index (χ0v) is 13.1. The number of hydrogen-bond donors (Lipinski definition) is 4. The van der Waals surface area contributed by atoms with Gasteiger partial charge < -0.3 is 5.32 Å². The van der Waals surface area contributed by atoms with Crippen LogP contribution in [0.5, 0.6) is 0 Å². The highest BCUT2D eigenvalue weighted by atomic mass is 32.2. The van der Waals surface area contributed by atoms with Crippen LogP contribution in [0, 0.1) is 0 Å². The molecule has 0 radical (unpaired) electrons. The number of sulfonamides is 1. The van der Waals surface area contributed by atoms with E-state index in [9.17, 15) is 13.2 Å². The first-order valence-electron chi connectivity index (χ1n) is 7.19. The van der Waals surface area contributed by atoms with Gasteiger partial charge in [0.1, 0.15) is 0 Å². The second-order valence-electron chi connectivity index (χ2n) is 5.25. The van der Waals surface area contributed by atoms with Crippen molar-refractivity contribution in [3.8, 4) is 0 Å². The molecule has 3 rings (SSSR count). The van der Waals surface area contributed by atoms with Gasteiger partial charge >= 0.3 is 6.03 Å². The minimum Gasteiger partial charge on any atom is -0.324 e. The van der Waals surface area contributed by atoms with E-state index in [1.165, 1.54) is 12.1 Å². The van der Waals surface area contributed by atoms with Crippen LogP contribution in [0.1, 0.15) is 24.5 Å². The highest BCUT2D eigenvalue weighted by Crippen LogP contribution is 2.39. The number of benzene rings is 1. The highest BCUT2D eigenvalue weighted by molar-refractivity contribution is 7.89. The summed E-state index contributed by atoms with van der Waals surface area (Å²) in [6, 6.07) is 9.19. The van der Waals surface area contributed by atoms with Crippen LogP contribution in [0.2, 0.25) is 0 Å². The van der Waals surface area contributed by atoms with Crippen molar-refractivity contribution in [1.29, 1.82) is 0 Å². The van der Waals surface area contributed by atoms with Crippen LogP contribution in [-0.2, 0) is 10.0 Å². The lowest BCUT2D eigenvalue weighted by Crippen LogP contribution is -2.39. The van der Waals surface area contributed by atoms with Gasteiger partial charge in [-0.25, -0.2) is 13.2 Å². The number of nitrogens with one attached hydrogen (secondary N) is 4. The third kappa shape index (κ3) is 4.08. The van der Waals surface area contributed by atoms with Crippen molar-refractivity contribution >= 4 is 21.9 Å². The Balaban J connectivity index is 1.47. The Bertz CT molecular complexity index is 784. The van der Waals surface area contributed by atoms with Gasteiger partial charge in [-0.05, 0) is 25.0 Å². The van der Waals surface area contributed by atoms with Gasteiger partial charge in [0.05, 0.1) is 11.6 Å². The lowest BCUT2D eigenvalue weighted by atomic mass is 10.3. The third-order valence-corrected chi connectivity index (χ3v) is 4.84. The van der Waals surface area contributed by atoms with Crippen LogP contribution in [-0.4, -0.2) is 31.3 Å². The van der Waals surface area contributed by atoms with Crippen molar-refractivity contribution in [3.05, 3.63) is 42.1 Å². The Labute approximate surface area is 133 Å². The number of nitrogens with zero attached hydrogens (tertiary/aromatic N) is 1. The van der Waals surface area contributed by atoms with Gasteiger partial charge in [-0.3, -0.25) is 10.4 Å². The van der Waals surface area contributed by atoms with Gasteiger partial charge in [-0.1, -0.05) is 18.2 Å². The van der Waals surface area contributed by atoms with Crippen LogP contribution in [0.4, 0.5) is 10.6 Å². The number of rotatable bonds is 6. The molecule has 0 unspecified atom stereocenters. The SMILES string of the molecule is O=C(NCNS(=O)(=O)c1ccccc1)Nc1cc(C2CC2)[nH]n1. The van der Waals surface area contributed by atoms with E-state index in [2.05, 4.69) is 25.6 Å². The summed E-state index contributed by atoms with van der Waals surface area (Å²) >= 11 is 0. The molecule has 0 atom stereocenters. The van der Waals surface area contributed by atoms with Crippen molar-refractivity contribution in [2.75, 3.05) is 12.0 Å². The van der Waals surface area contributed by atoms with Crippen LogP contribution in [0.15, 0.2) is 41.3 Å². The summed E-state index contributed by atoms with van der Waals surface area (Å²) in [5.41, 5.74) is 1.00. The van der Waals surface area contributed by atoms with E-state index in [0.717, 1.165) is 18.5 Å². The molecule has 2 aromatic rings. The molecule has 0 saturated heterocycles. The van der Waals surface area contributed by atoms with Gasteiger partial charge in [-0.2, -0.15) is 9.82 Å². The summed E-state index contributed by atoms with van der Waals surface area (Å²) in [6.45, 7) is -0.219. The van der Waals surface area contributed by atoms with Crippen LogP contribution < -0.4 is 15.4 Å². The molecule has 122 valence electrons. The van der Waals surface area contributed by atoms with Crippen molar-refractivity contribution in [1.82, 2.24) is 20.2 Å². The molecule has 23 heavy (non-hydrogen) atoms. The molecular formula is C14H17N5O3S. The van der Waals surface area contributed by atoms with Gasteiger partial charge in [0.25, 0.3) is 0 Å². The van der Waals surface area contributed by atoms with Gasteiger partial charge in [0, 0.05) is 17.7 Å². The number of carbonyl (C=O) groups excluding carboxylic acids is 1. The second-order valence-corrected chi connectivity index (χ2v) is 7.02. The molecule has 1 aliphatic rings. The number of aromatic nitrogens is 2. The fourth-order valence-electron chi connectivity index (χ4n) is 2.06. The minimum atomic E-state index is -3.64. The molecule has 9 heteroatoms. The van der Waals surface area contributed by atoms with Crippen molar-refractivity contribution in [3.63, 3.8) is 0 Å². The monoisotopic (exact) mass is 335 g/mol. The van der Waals surface area contributed by atoms with E-state index < -0.39 is 16.1 Å². The molecule has 2 amide bonds. The fraction of sp³-hybridized carbons (Fsp3) is 0.286. The van der Waals surface area contributed by atoms with Gasteiger partial charge in [0.2, 0.25) is 10.0 Å². The Hall–Kier alpha value is -2.39. The summed E-state index contributed by atoms with van der Waals surface area (Å²) in [7, 11) is -3.64. The summed E-state index contributed by atoms with van der Waals surface area (Å²) in [6.07, 6.45) is 2.27. The molecule has 1 heterocycles. The molecule has 0 spiro atoms. The smallest absolute Gasteiger partial charge is 0.321 e. The first-order chi connectivity index (χ1) is 11.0. The molecule has 4 N–H and O–H groups in total. The van der Waals surface area contributed by atoms with Gasteiger partial charge in [0.15, 0.2) is 5.82 Å². The average Bonchev–Trinajstić information content (AvgIpc) is 3.28. The molecule has 0 bridgehead atoms. The normalized spacial score (nSPS) is 14.4. The summed E-state index contributed by atoms with van der Waals surface area (Å²) in [5.74, 6) is 0.925. The van der Waals surface area contributed by atoms with E-state index in [0.29, 0.717) is 11.7 Å². The molecule has 1 aliphatic carbocycles. The number of hydrogen-bond acceptors (Lipinski definition) is 4. The molecule has 1 fully saturated rings. The molecule has 1 aromatic carbocycles. The molecular weight excluding hydrogens is 318 g/mol. The maximum Gasteiger partial charge on any atom is 0.321 e. The maximum atomic E-state index is 12.0. The van der Waals surface area contributed by atoms with Crippen molar-refractivity contribution in [2.24, 2.45) is 0 Å². The maximum absolute atomic E-state index is 12.0. The first-order valence-corrected chi connectivity index (χ1v) is 8.68. The Morgan fingerprint density at radius 3 is 2.70 bits per heavy atom. The predicted molar refractivity (Wildman–Crippen MR) is 84.3 cm³/mol. The van der Waals surface area contributed by atoms with Crippen molar-refractivity contribution in [2.45, 2.75) is 23.7 Å². The molecule has 1 aromatic heterocycles. The first kappa shape index (κ1) is 15.5. The number of aromatic amines is 1. The van der Waals surface area contributed by atoms with E-state index in [1.54, 1.807) is 24.3 Å². The summed E-state index contributed by atoms with van der Waals surface area (Å²) < 4.78 is 26.2. The highest BCUT2D eigenvalue weighted by Gasteiger charge is 2.25. The van der Waals surface area contributed by atoms with E-state index in [1.807, 2.05) is 0 Å². The molecule has 1 saturated carbocycles. The predicted octanol–water partition coefficient (Wildman–Crippen LogP) is 1.34. The number of carbonyl (C=O) groups is 1. The quantitative estimate of drug-likeness (QED) is 0.596. The topological polar surface area (TPSA) is 116 Å². The zero-order chi connectivity index (χ0) is 16.3. The molecule has 8 nitrogen and oxygen atoms in total. The van der Waals surface area contributed by atoms with Crippen LogP contribution >= 0.6 is 0 Å². The fourth-order valence-corrected chi connectivity index (χ4v) is 3.00. The van der Waals surface area contributed by atoms with Crippen molar-refractivity contribution < 1.29 is 13.2 Å². The standard InChI is InChI=1S/C14H17N5O3S/c20-14(17-13-8-12(18-19-13)10-6-7-10)15-9-16-23(21,22)11-4-2-1-3-5-11/h1-5,8,10,16H,6-7,9H2,(H3,15,17,18,19,20). The Kier molecular flexibility index (Phi) is 4.30. The zero-order valence-electron chi connectivity index (χ0n) is 12.2. The largest absolute Gasteiger partial charge is 0.324 e. The third-order valence-electron chi connectivity index (χ3n) is 3.42. The van der Waals surface area contributed by atoms with E-state index >= 15 is 0 Å². The lowest BCUT2D eigenvalue weighted by molar-refractivity contribution is 0.252. The van der Waals surface area contributed by atoms with E-state index in [4.69, 9.17) is 0 Å². The van der Waals surface area contributed by atoms with E-state index in [-0.39, 0.29) is 11.6 Å². The van der Waals surface area contributed by atoms with Crippen LogP contribution in [0.3, 0.4) is 0 Å². The summed E-state index contributed by atoms with van der Waals surface area (Å²) in [5, 5.41) is 11.8. The van der Waals surface area contributed by atoms with Gasteiger partial charge in [-0.15, -0.1) is 0 Å². The number of H-pyrrole nitrogens is 1. The number of anilines is 1. The Morgan fingerprint density at radius 2 is 2.00 bits per heavy atom. The average molecular weight is 335 g/mol. The lowest BCUT2D eigenvalue weighted by Gasteiger charge is -2.08. The minimum absolute atomic E-state index is 0.142. The summed E-state index contributed by atoms with van der Waals surface area (Å²) in [4.78, 5) is 11.9. The number of urea groups is 1.